The average molecular weight is 308 g/mol. The molecule has 0 radical (unpaired) electrons. The molecule has 0 bridgehead atoms. The zero-order chi connectivity index (χ0) is 15.0. The van der Waals surface area contributed by atoms with Gasteiger partial charge >= 0.3 is 0 Å². The van der Waals surface area contributed by atoms with Gasteiger partial charge < -0.3 is 10.6 Å². The molecule has 21 heavy (non-hydrogen) atoms. The third kappa shape index (κ3) is 3.11. The van der Waals surface area contributed by atoms with E-state index in [4.69, 9.17) is 5.73 Å². The van der Waals surface area contributed by atoms with Crippen LogP contribution in [-0.2, 0) is 21.2 Å². The zero-order valence-corrected chi connectivity index (χ0v) is 12.7. The number of nitrogens with two attached hydrogens (primary N) is 1. The summed E-state index contributed by atoms with van der Waals surface area (Å²) in [5, 5.41) is 0. The Labute approximate surface area is 125 Å². The highest BCUT2D eigenvalue weighted by molar-refractivity contribution is 7.91. The second kappa shape index (κ2) is 5.42. The standard InChI is InChI=1S/C15H20N2O3S/c16-9-11-1-3-13(4-2-11)17(14-5-6-14)15(18)12-7-8-21(19,20)10-12/h1-4,12,14H,5-10,16H2. The highest BCUT2D eigenvalue weighted by Gasteiger charge is 2.41. The number of hydrogen-bond donors (Lipinski definition) is 1. The van der Waals surface area contributed by atoms with Gasteiger partial charge in [0.1, 0.15) is 0 Å². The van der Waals surface area contributed by atoms with E-state index in [0.717, 1.165) is 24.1 Å². The van der Waals surface area contributed by atoms with Crippen LogP contribution in [0.15, 0.2) is 24.3 Å². The molecular weight excluding hydrogens is 288 g/mol. The normalized spacial score (nSPS) is 24.0. The highest BCUT2D eigenvalue weighted by Crippen LogP contribution is 2.34. The average Bonchev–Trinajstić information content (AvgIpc) is 3.23. The van der Waals surface area contributed by atoms with Gasteiger partial charge in [0, 0.05) is 18.3 Å². The fourth-order valence-electron chi connectivity index (χ4n) is 2.83. The maximum absolute atomic E-state index is 12.7. The smallest absolute Gasteiger partial charge is 0.231 e. The second-order valence-electron chi connectivity index (χ2n) is 5.91. The molecule has 0 spiro atoms. The van der Waals surface area contributed by atoms with E-state index in [0.29, 0.717) is 13.0 Å². The minimum Gasteiger partial charge on any atom is -0.326 e. The van der Waals surface area contributed by atoms with Crippen molar-refractivity contribution >= 4 is 21.4 Å². The van der Waals surface area contributed by atoms with E-state index in [2.05, 4.69) is 0 Å². The van der Waals surface area contributed by atoms with Gasteiger partial charge in [-0.15, -0.1) is 0 Å². The predicted molar refractivity (Wildman–Crippen MR) is 81.6 cm³/mol. The monoisotopic (exact) mass is 308 g/mol. The molecule has 114 valence electrons. The molecule has 1 saturated heterocycles. The molecule has 1 unspecified atom stereocenters. The Morgan fingerprint density at radius 1 is 1.19 bits per heavy atom. The summed E-state index contributed by atoms with van der Waals surface area (Å²) in [6.07, 6.45) is 2.43. The molecule has 1 aliphatic heterocycles. The molecule has 2 fully saturated rings. The summed E-state index contributed by atoms with van der Waals surface area (Å²) in [5.74, 6) is -0.298. The van der Waals surface area contributed by atoms with Crippen molar-refractivity contribution in [3.8, 4) is 0 Å². The van der Waals surface area contributed by atoms with Crippen molar-refractivity contribution in [1.29, 1.82) is 0 Å². The molecule has 1 atom stereocenters. The summed E-state index contributed by atoms with van der Waals surface area (Å²) < 4.78 is 23.2. The minimum atomic E-state index is -3.04. The first-order valence-corrected chi connectivity index (χ1v) is 9.15. The third-order valence-electron chi connectivity index (χ3n) is 4.18. The van der Waals surface area contributed by atoms with Crippen molar-refractivity contribution < 1.29 is 13.2 Å². The van der Waals surface area contributed by atoms with Crippen LogP contribution in [0, 0.1) is 5.92 Å². The largest absolute Gasteiger partial charge is 0.326 e. The lowest BCUT2D eigenvalue weighted by Gasteiger charge is -2.25. The molecule has 1 heterocycles. The molecule has 6 heteroatoms. The lowest BCUT2D eigenvalue weighted by molar-refractivity contribution is -0.121. The van der Waals surface area contributed by atoms with E-state index >= 15 is 0 Å². The van der Waals surface area contributed by atoms with Crippen LogP contribution >= 0.6 is 0 Å². The van der Waals surface area contributed by atoms with Crippen LogP contribution in [0.4, 0.5) is 5.69 Å². The summed E-state index contributed by atoms with van der Waals surface area (Å²) in [4.78, 5) is 14.5. The molecule has 1 aliphatic carbocycles. The lowest BCUT2D eigenvalue weighted by Crippen LogP contribution is -2.38. The van der Waals surface area contributed by atoms with Gasteiger partial charge in [0.15, 0.2) is 9.84 Å². The van der Waals surface area contributed by atoms with Crippen LogP contribution in [0.25, 0.3) is 0 Å². The van der Waals surface area contributed by atoms with Crippen LogP contribution in [-0.4, -0.2) is 31.9 Å². The van der Waals surface area contributed by atoms with E-state index in [1.807, 2.05) is 24.3 Å². The summed E-state index contributed by atoms with van der Waals surface area (Å²) >= 11 is 0. The number of sulfone groups is 1. The zero-order valence-electron chi connectivity index (χ0n) is 11.9. The second-order valence-corrected chi connectivity index (χ2v) is 8.14. The van der Waals surface area contributed by atoms with E-state index in [-0.39, 0.29) is 29.4 Å². The molecule has 1 aromatic carbocycles. The van der Waals surface area contributed by atoms with Crippen molar-refractivity contribution in [3.63, 3.8) is 0 Å². The van der Waals surface area contributed by atoms with Crippen LogP contribution in [0.5, 0.6) is 0 Å². The molecular formula is C15H20N2O3S. The Kier molecular flexibility index (Phi) is 3.75. The van der Waals surface area contributed by atoms with E-state index < -0.39 is 9.84 Å². The van der Waals surface area contributed by atoms with Gasteiger partial charge in [-0.1, -0.05) is 12.1 Å². The van der Waals surface area contributed by atoms with Crippen molar-refractivity contribution in [3.05, 3.63) is 29.8 Å². The number of carbonyl (C=O) groups is 1. The summed E-state index contributed by atoms with van der Waals surface area (Å²) in [7, 11) is -3.04. The Morgan fingerprint density at radius 2 is 1.86 bits per heavy atom. The van der Waals surface area contributed by atoms with Gasteiger partial charge in [0.2, 0.25) is 5.91 Å². The van der Waals surface area contributed by atoms with E-state index in [9.17, 15) is 13.2 Å². The Balaban J connectivity index is 1.82. The van der Waals surface area contributed by atoms with E-state index in [1.165, 1.54) is 0 Å². The number of benzene rings is 1. The molecule has 1 amide bonds. The number of rotatable bonds is 4. The maximum Gasteiger partial charge on any atom is 0.231 e. The van der Waals surface area contributed by atoms with Gasteiger partial charge in [-0.2, -0.15) is 0 Å². The van der Waals surface area contributed by atoms with Crippen molar-refractivity contribution in [2.75, 3.05) is 16.4 Å². The third-order valence-corrected chi connectivity index (χ3v) is 5.95. The van der Waals surface area contributed by atoms with Crippen LogP contribution in [0.3, 0.4) is 0 Å². The van der Waals surface area contributed by atoms with Gasteiger partial charge in [-0.3, -0.25) is 4.79 Å². The fraction of sp³-hybridized carbons (Fsp3) is 0.533. The van der Waals surface area contributed by atoms with Crippen molar-refractivity contribution in [2.24, 2.45) is 11.7 Å². The SMILES string of the molecule is NCc1ccc(N(C(=O)C2CCS(=O)(=O)C2)C2CC2)cc1. The van der Waals surface area contributed by atoms with E-state index in [1.54, 1.807) is 4.90 Å². The van der Waals surface area contributed by atoms with Gasteiger partial charge in [-0.05, 0) is 37.0 Å². The van der Waals surface area contributed by atoms with Crippen LogP contribution in [0.2, 0.25) is 0 Å². The first kappa shape index (κ1) is 14.5. The first-order chi connectivity index (χ1) is 10.00. The molecule has 5 nitrogen and oxygen atoms in total. The van der Waals surface area contributed by atoms with Crippen LogP contribution in [0.1, 0.15) is 24.8 Å². The van der Waals surface area contributed by atoms with Gasteiger partial charge in [0.25, 0.3) is 0 Å². The molecule has 1 saturated carbocycles. The fourth-order valence-corrected chi connectivity index (χ4v) is 4.56. The first-order valence-electron chi connectivity index (χ1n) is 7.33. The lowest BCUT2D eigenvalue weighted by atomic mass is 10.1. The maximum atomic E-state index is 12.7. The quantitative estimate of drug-likeness (QED) is 0.902. The Hall–Kier alpha value is -1.40. The predicted octanol–water partition coefficient (Wildman–Crippen LogP) is 1.08. The minimum absolute atomic E-state index is 0.00403. The van der Waals surface area contributed by atoms with Crippen LogP contribution < -0.4 is 10.6 Å². The number of carbonyl (C=O) groups excluding carboxylic acids is 1. The number of anilines is 1. The number of hydrogen-bond acceptors (Lipinski definition) is 4. The number of amides is 1. The summed E-state index contributed by atoms with van der Waals surface area (Å²) in [6.45, 7) is 0.471. The van der Waals surface area contributed by atoms with Gasteiger partial charge in [0.05, 0.1) is 17.4 Å². The Morgan fingerprint density at radius 3 is 2.33 bits per heavy atom. The molecule has 1 aromatic rings. The molecule has 3 rings (SSSR count). The molecule has 2 N–H and O–H groups in total. The summed E-state index contributed by atoms with van der Waals surface area (Å²) in [5.41, 5.74) is 7.46. The molecule has 2 aliphatic rings. The Bertz CT molecular complexity index is 635. The molecule has 0 aromatic heterocycles. The topological polar surface area (TPSA) is 80.5 Å². The highest BCUT2D eigenvalue weighted by atomic mass is 32.2. The van der Waals surface area contributed by atoms with Crippen molar-refractivity contribution in [2.45, 2.75) is 31.8 Å². The van der Waals surface area contributed by atoms with Gasteiger partial charge in [-0.25, -0.2) is 8.42 Å². The number of nitrogens with zero attached hydrogens (tertiary/aromatic N) is 1. The van der Waals surface area contributed by atoms with Crippen molar-refractivity contribution in [1.82, 2.24) is 0 Å². The summed E-state index contributed by atoms with van der Waals surface area (Å²) in [6, 6.07) is 7.88.